The first kappa shape index (κ1) is 16.0. The van der Waals surface area contributed by atoms with Gasteiger partial charge in [-0.15, -0.1) is 0 Å². The third-order valence-corrected chi connectivity index (χ3v) is 11.1. The van der Waals surface area contributed by atoms with Crippen LogP contribution in [0.1, 0.15) is 51.9 Å². The van der Waals surface area contributed by atoms with Crippen LogP contribution < -0.4 is 0 Å². The van der Waals surface area contributed by atoms with E-state index in [1.54, 1.807) is 0 Å². The monoisotopic (exact) mass is 339 g/mol. The second kappa shape index (κ2) is 5.49. The van der Waals surface area contributed by atoms with Crippen molar-refractivity contribution in [3.8, 4) is 0 Å². The molecule has 0 N–H and O–H groups in total. The van der Waals surface area contributed by atoms with Crippen LogP contribution in [0.2, 0.25) is 18.6 Å². The molecule has 4 fully saturated rings. The van der Waals surface area contributed by atoms with Crippen LogP contribution in [-0.4, -0.2) is 31.4 Å². The predicted octanol–water partition coefficient (Wildman–Crippen LogP) is 5.36. The topological polar surface area (TPSA) is 3.24 Å². The third-order valence-electron chi connectivity index (χ3n) is 7.99. The van der Waals surface area contributed by atoms with E-state index in [1.165, 1.54) is 44.9 Å². The Balaban J connectivity index is 1.73. The molecule has 8 atom stereocenters. The molecule has 0 aromatic carbocycles. The highest BCUT2D eigenvalue weighted by Crippen LogP contribution is 2.65. The van der Waals surface area contributed by atoms with E-state index >= 15 is 0 Å². The molecule has 0 amide bonds. The van der Waals surface area contributed by atoms with E-state index in [-0.39, 0.29) is 0 Å². The summed E-state index contributed by atoms with van der Waals surface area (Å²) < 4.78 is 0. The number of hydrogen-bond acceptors (Lipinski definition) is 1. The second-order valence-corrected chi connectivity index (χ2v) is 16.3. The first-order chi connectivity index (χ1) is 10.4. The highest BCUT2D eigenvalue weighted by molar-refractivity contribution is 7.19. The summed E-state index contributed by atoms with van der Waals surface area (Å²) in [6.45, 7) is 7.39. The highest BCUT2D eigenvalue weighted by Gasteiger charge is 2.64. The molecule has 1 saturated heterocycles. The zero-order chi connectivity index (χ0) is 15.6. The van der Waals surface area contributed by atoms with Gasteiger partial charge in [0.15, 0.2) is 7.38 Å². The van der Waals surface area contributed by atoms with Crippen LogP contribution in [0.3, 0.4) is 0 Å². The van der Waals surface area contributed by atoms with Crippen molar-refractivity contribution in [2.75, 3.05) is 7.05 Å². The van der Waals surface area contributed by atoms with Gasteiger partial charge in [0.1, 0.15) is 0 Å². The molecule has 22 heavy (non-hydrogen) atoms. The minimum Gasteiger partial charge on any atom is -0.300 e. The van der Waals surface area contributed by atoms with Gasteiger partial charge in [-0.1, -0.05) is 39.3 Å². The first-order valence-electron chi connectivity index (χ1n) is 9.80. The molecule has 1 aliphatic heterocycles. The van der Waals surface area contributed by atoms with Gasteiger partial charge in [0.2, 0.25) is 0 Å². The summed E-state index contributed by atoms with van der Waals surface area (Å²) in [4.78, 5) is 2.86. The van der Waals surface area contributed by atoms with Gasteiger partial charge >= 0.3 is 0 Å². The molecule has 3 saturated carbocycles. The summed E-state index contributed by atoms with van der Waals surface area (Å²) in [7, 11) is 0.867. The maximum absolute atomic E-state index is 7.16. The Kier molecular flexibility index (Phi) is 3.98. The van der Waals surface area contributed by atoms with Crippen molar-refractivity contribution in [3.05, 3.63) is 0 Å². The van der Waals surface area contributed by atoms with Crippen LogP contribution >= 0.6 is 11.1 Å². The Labute approximate surface area is 142 Å². The van der Waals surface area contributed by atoms with E-state index in [0.29, 0.717) is 0 Å². The van der Waals surface area contributed by atoms with Crippen LogP contribution in [0.25, 0.3) is 0 Å². The number of nitrogens with zero attached hydrogens (tertiary/aromatic N) is 1. The van der Waals surface area contributed by atoms with Crippen molar-refractivity contribution < 1.29 is 0 Å². The molecule has 126 valence electrons. The number of rotatable bonds is 1. The smallest absolute Gasteiger partial charge is 0.154 e. The van der Waals surface area contributed by atoms with Gasteiger partial charge in [-0.2, -0.15) is 11.1 Å². The van der Waals surface area contributed by atoms with Crippen molar-refractivity contribution in [2.24, 2.45) is 29.6 Å². The average molecular weight is 340 g/mol. The largest absolute Gasteiger partial charge is 0.300 e. The number of hydrogen-bond donors (Lipinski definition) is 0. The normalized spacial score (nSPS) is 52.2. The van der Waals surface area contributed by atoms with Crippen molar-refractivity contribution in [3.63, 3.8) is 0 Å². The second-order valence-electron chi connectivity index (χ2n) is 9.59. The highest BCUT2D eigenvalue weighted by atomic mass is 35.6. The Bertz CT molecular complexity index is 434. The van der Waals surface area contributed by atoms with E-state index in [2.05, 4.69) is 32.0 Å². The van der Waals surface area contributed by atoms with Crippen LogP contribution in [0.15, 0.2) is 0 Å². The summed E-state index contributed by atoms with van der Waals surface area (Å²) in [6, 6.07) is 1.76. The van der Waals surface area contributed by atoms with Gasteiger partial charge in [0, 0.05) is 12.1 Å². The van der Waals surface area contributed by atoms with E-state index in [1.807, 2.05) is 0 Å². The maximum Gasteiger partial charge on any atom is 0.154 e. The molecule has 8 unspecified atom stereocenters. The zero-order valence-corrected chi connectivity index (χ0v) is 16.6. The molecule has 0 bridgehead atoms. The lowest BCUT2D eigenvalue weighted by Crippen LogP contribution is -2.42. The third kappa shape index (κ3) is 2.27. The van der Waals surface area contributed by atoms with Gasteiger partial charge < -0.3 is 0 Å². The molecule has 0 aromatic rings. The SMILES string of the molecule is CC1CCC2C(C1)C1C(C3CCCCC3C1[Si](C)(C)Cl)N2C. The number of likely N-dealkylation sites (tertiary alicyclic amines) is 1. The van der Waals surface area contributed by atoms with Crippen molar-refractivity contribution in [2.45, 2.75) is 82.6 Å². The zero-order valence-electron chi connectivity index (χ0n) is 14.9. The summed E-state index contributed by atoms with van der Waals surface area (Å²) >= 11 is 7.16. The van der Waals surface area contributed by atoms with Gasteiger partial charge in [0.05, 0.1) is 0 Å². The molecule has 1 nitrogen and oxygen atoms in total. The fourth-order valence-electron chi connectivity index (χ4n) is 7.45. The lowest BCUT2D eigenvalue weighted by molar-refractivity contribution is 0.109. The maximum atomic E-state index is 7.16. The summed E-state index contributed by atoms with van der Waals surface area (Å²) in [5.74, 6) is 4.77. The number of halogens is 1. The molecule has 4 rings (SSSR count). The molecule has 0 aromatic heterocycles. The van der Waals surface area contributed by atoms with Crippen LogP contribution in [0.5, 0.6) is 0 Å². The van der Waals surface area contributed by atoms with Crippen molar-refractivity contribution >= 4 is 18.5 Å². The lowest BCUT2D eigenvalue weighted by atomic mass is 9.74. The van der Waals surface area contributed by atoms with Crippen molar-refractivity contribution in [1.29, 1.82) is 0 Å². The minimum absolute atomic E-state index is 0.876. The number of fused-ring (bicyclic) bond motifs is 5. The van der Waals surface area contributed by atoms with E-state index in [0.717, 1.165) is 47.2 Å². The Morgan fingerprint density at radius 3 is 2.32 bits per heavy atom. The molecule has 4 aliphatic rings. The molecule has 0 radical (unpaired) electrons. The summed E-state index contributed by atoms with van der Waals surface area (Å²) in [5.41, 5.74) is 0.882. The predicted molar refractivity (Wildman–Crippen MR) is 97.9 cm³/mol. The molecule has 3 heteroatoms. The summed E-state index contributed by atoms with van der Waals surface area (Å²) in [5, 5.41) is 0. The van der Waals surface area contributed by atoms with E-state index in [9.17, 15) is 0 Å². The lowest BCUT2D eigenvalue weighted by Gasteiger charge is -2.42. The molecular weight excluding hydrogens is 306 g/mol. The molecule has 3 aliphatic carbocycles. The first-order valence-corrected chi connectivity index (χ1v) is 13.9. The van der Waals surface area contributed by atoms with E-state index < -0.39 is 7.38 Å². The van der Waals surface area contributed by atoms with Crippen LogP contribution in [0.4, 0.5) is 0 Å². The summed E-state index contributed by atoms with van der Waals surface area (Å²) in [6.07, 6.45) is 10.3. The molecule has 1 heterocycles. The quantitative estimate of drug-likeness (QED) is 0.459. The Morgan fingerprint density at radius 1 is 0.955 bits per heavy atom. The molecular formula is C19H34ClNSi. The average Bonchev–Trinajstić information content (AvgIpc) is 2.93. The Hall–Kier alpha value is 0.467. The standard InChI is InChI=1S/C19H34ClNSi/c1-12-9-10-16-15(11-12)17-18(21(16)2)13-7-5-6-8-14(13)19(17)22(3,4)20/h12-19H,5-11H2,1-4H3. The van der Waals surface area contributed by atoms with Crippen molar-refractivity contribution in [1.82, 2.24) is 4.90 Å². The fraction of sp³-hybridized carbons (Fsp3) is 1.00. The van der Waals surface area contributed by atoms with Gasteiger partial charge in [-0.25, -0.2) is 0 Å². The van der Waals surface area contributed by atoms with Crippen LogP contribution in [-0.2, 0) is 0 Å². The van der Waals surface area contributed by atoms with Gasteiger partial charge in [0.25, 0.3) is 0 Å². The fourth-order valence-corrected chi connectivity index (χ4v) is 11.2. The van der Waals surface area contributed by atoms with Gasteiger partial charge in [-0.3, -0.25) is 4.90 Å². The van der Waals surface area contributed by atoms with Gasteiger partial charge in [-0.05, 0) is 67.9 Å². The van der Waals surface area contributed by atoms with Crippen LogP contribution in [0, 0.1) is 29.6 Å². The minimum atomic E-state index is -1.60. The Morgan fingerprint density at radius 2 is 1.64 bits per heavy atom. The van der Waals surface area contributed by atoms with E-state index in [4.69, 9.17) is 11.1 Å². The molecule has 0 spiro atoms.